The molecule has 1 aromatic rings. The molecule has 0 aromatic heterocycles. The van der Waals surface area contributed by atoms with Crippen LogP contribution >= 0.6 is 0 Å². The summed E-state index contributed by atoms with van der Waals surface area (Å²) in [6.45, 7) is 18.0. The molecular formula is C18H30O. The van der Waals surface area contributed by atoms with Crippen molar-refractivity contribution in [3.05, 3.63) is 28.8 Å². The molecule has 0 saturated heterocycles. The molecular weight excluding hydrogens is 232 g/mol. The molecule has 19 heavy (non-hydrogen) atoms. The number of benzene rings is 1. The summed E-state index contributed by atoms with van der Waals surface area (Å²) in [5.74, 6) is 1.59. The monoisotopic (exact) mass is 262 g/mol. The van der Waals surface area contributed by atoms with Gasteiger partial charge in [0.15, 0.2) is 0 Å². The van der Waals surface area contributed by atoms with Crippen molar-refractivity contribution < 1.29 is 4.74 Å². The van der Waals surface area contributed by atoms with Gasteiger partial charge in [0.2, 0.25) is 0 Å². The highest BCUT2D eigenvalue weighted by Gasteiger charge is 2.27. The second-order valence-electron chi connectivity index (χ2n) is 7.80. The fourth-order valence-electron chi connectivity index (χ4n) is 2.32. The lowest BCUT2D eigenvalue weighted by Gasteiger charge is -2.30. The van der Waals surface area contributed by atoms with E-state index < -0.39 is 0 Å². The highest BCUT2D eigenvalue weighted by molar-refractivity contribution is 5.51. The first kappa shape index (κ1) is 16.1. The SMILES string of the molecule is COc1c(C(C)(C)C)cc(C(C)C)cc1C(C)(C)C. The number of ether oxygens (including phenoxy) is 1. The van der Waals surface area contributed by atoms with Crippen molar-refractivity contribution in [2.24, 2.45) is 0 Å². The Kier molecular flexibility index (Phi) is 4.39. The molecule has 108 valence electrons. The fourth-order valence-corrected chi connectivity index (χ4v) is 2.32. The highest BCUT2D eigenvalue weighted by atomic mass is 16.5. The Hall–Kier alpha value is -0.980. The first-order valence-electron chi connectivity index (χ1n) is 7.21. The molecule has 0 bridgehead atoms. The normalized spacial score (nSPS) is 12.9. The van der Waals surface area contributed by atoms with Crippen LogP contribution in [-0.2, 0) is 10.8 Å². The summed E-state index contributed by atoms with van der Waals surface area (Å²) >= 11 is 0. The second kappa shape index (κ2) is 5.19. The van der Waals surface area contributed by atoms with E-state index in [0.717, 1.165) is 5.75 Å². The minimum absolute atomic E-state index is 0.0935. The number of methoxy groups -OCH3 is 1. The molecule has 1 aromatic carbocycles. The Bertz CT molecular complexity index is 407. The molecule has 0 heterocycles. The molecule has 1 nitrogen and oxygen atoms in total. The number of rotatable bonds is 2. The summed E-state index contributed by atoms with van der Waals surface area (Å²) < 4.78 is 5.76. The van der Waals surface area contributed by atoms with Crippen molar-refractivity contribution in [1.29, 1.82) is 0 Å². The Morgan fingerprint density at radius 1 is 0.842 bits per heavy atom. The quantitative estimate of drug-likeness (QED) is 0.692. The summed E-state index contributed by atoms with van der Waals surface area (Å²) in [5.41, 5.74) is 4.21. The van der Waals surface area contributed by atoms with Crippen LogP contribution in [0.25, 0.3) is 0 Å². The molecule has 0 atom stereocenters. The molecule has 0 saturated carbocycles. The van der Waals surface area contributed by atoms with Gasteiger partial charge >= 0.3 is 0 Å². The Morgan fingerprint density at radius 3 is 1.42 bits per heavy atom. The van der Waals surface area contributed by atoms with Crippen LogP contribution < -0.4 is 4.74 Å². The van der Waals surface area contributed by atoms with Crippen LogP contribution in [0.4, 0.5) is 0 Å². The van der Waals surface area contributed by atoms with Crippen LogP contribution in [0, 0.1) is 0 Å². The summed E-state index contributed by atoms with van der Waals surface area (Å²) in [6.07, 6.45) is 0. The van der Waals surface area contributed by atoms with Crippen LogP contribution in [-0.4, -0.2) is 7.11 Å². The summed E-state index contributed by atoms with van der Waals surface area (Å²) in [5, 5.41) is 0. The maximum Gasteiger partial charge on any atom is 0.126 e. The zero-order chi connectivity index (χ0) is 15.0. The van der Waals surface area contributed by atoms with Gasteiger partial charge in [-0.3, -0.25) is 0 Å². The molecule has 0 aliphatic rings. The van der Waals surface area contributed by atoms with Gasteiger partial charge in [-0.1, -0.05) is 67.5 Å². The second-order valence-corrected chi connectivity index (χ2v) is 7.80. The van der Waals surface area contributed by atoms with E-state index in [9.17, 15) is 0 Å². The van der Waals surface area contributed by atoms with Crippen molar-refractivity contribution >= 4 is 0 Å². The van der Waals surface area contributed by atoms with Crippen molar-refractivity contribution in [2.75, 3.05) is 7.11 Å². The van der Waals surface area contributed by atoms with Gasteiger partial charge < -0.3 is 4.74 Å². The van der Waals surface area contributed by atoms with Crippen LogP contribution in [0.5, 0.6) is 5.75 Å². The van der Waals surface area contributed by atoms with Gasteiger partial charge in [-0.05, 0) is 22.3 Å². The predicted octanol–water partition coefficient (Wildman–Crippen LogP) is 5.41. The maximum atomic E-state index is 5.76. The minimum Gasteiger partial charge on any atom is -0.496 e. The largest absolute Gasteiger partial charge is 0.496 e. The number of hydrogen-bond acceptors (Lipinski definition) is 1. The fraction of sp³-hybridized carbons (Fsp3) is 0.667. The summed E-state index contributed by atoms with van der Waals surface area (Å²) in [6, 6.07) is 4.64. The summed E-state index contributed by atoms with van der Waals surface area (Å²) in [7, 11) is 1.79. The Balaban J connectivity index is 3.67. The smallest absolute Gasteiger partial charge is 0.126 e. The van der Waals surface area contributed by atoms with Crippen LogP contribution in [0.15, 0.2) is 12.1 Å². The maximum absolute atomic E-state index is 5.76. The molecule has 0 radical (unpaired) electrons. The van der Waals surface area contributed by atoms with Gasteiger partial charge in [-0.2, -0.15) is 0 Å². The molecule has 0 spiro atoms. The minimum atomic E-state index is 0.0935. The van der Waals surface area contributed by atoms with Gasteiger partial charge in [0.1, 0.15) is 5.75 Å². The van der Waals surface area contributed by atoms with Crippen LogP contribution in [0.2, 0.25) is 0 Å². The average molecular weight is 262 g/mol. The van der Waals surface area contributed by atoms with Gasteiger partial charge in [0.05, 0.1) is 7.11 Å². The predicted molar refractivity (Wildman–Crippen MR) is 84.5 cm³/mol. The highest BCUT2D eigenvalue weighted by Crippen LogP contribution is 2.41. The zero-order valence-corrected chi connectivity index (χ0v) is 14.1. The zero-order valence-electron chi connectivity index (χ0n) is 14.1. The molecule has 0 amide bonds. The molecule has 1 rings (SSSR count). The molecule has 0 unspecified atom stereocenters. The van der Waals surface area contributed by atoms with Gasteiger partial charge in [0, 0.05) is 11.1 Å². The molecule has 0 aliphatic carbocycles. The van der Waals surface area contributed by atoms with Crippen molar-refractivity contribution in [2.45, 2.75) is 72.1 Å². The van der Waals surface area contributed by atoms with E-state index in [-0.39, 0.29) is 10.8 Å². The first-order valence-corrected chi connectivity index (χ1v) is 7.21. The lowest BCUT2D eigenvalue weighted by molar-refractivity contribution is 0.381. The van der Waals surface area contributed by atoms with E-state index in [4.69, 9.17) is 4.74 Å². The van der Waals surface area contributed by atoms with Crippen molar-refractivity contribution in [1.82, 2.24) is 0 Å². The van der Waals surface area contributed by atoms with Gasteiger partial charge in [-0.15, -0.1) is 0 Å². The van der Waals surface area contributed by atoms with E-state index >= 15 is 0 Å². The third kappa shape index (κ3) is 3.52. The Labute approximate surface area is 119 Å². The summed E-state index contributed by atoms with van der Waals surface area (Å²) in [4.78, 5) is 0. The van der Waals surface area contributed by atoms with Crippen molar-refractivity contribution in [3.63, 3.8) is 0 Å². The van der Waals surface area contributed by atoms with Gasteiger partial charge in [-0.25, -0.2) is 0 Å². The first-order chi connectivity index (χ1) is 8.48. The lowest BCUT2D eigenvalue weighted by Crippen LogP contribution is -2.20. The van der Waals surface area contributed by atoms with Crippen molar-refractivity contribution in [3.8, 4) is 5.75 Å². The number of hydrogen-bond donors (Lipinski definition) is 0. The molecule has 0 aliphatic heterocycles. The van der Waals surface area contributed by atoms with Crippen LogP contribution in [0.3, 0.4) is 0 Å². The molecule has 0 N–H and O–H groups in total. The van der Waals surface area contributed by atoms with E-state index in [1.165, 1.54) is 16.7 Å². The third-order valence-electron chi connectivity index (χ3n) is 3.60. The molecule has 0 fully saturated rings. The van der Waals surface area contributed by atoms with Gasteiger partial charge in [0.25, 0.3) is 0 Å². The topological polar surface area (TPSA) is 9.23 Å². The van der Waals surface area contributed by atoms with E-state index in [1.807, 2.05) is 0 Å². The third-order valence-corrected chi connectivity index (χ3v) is 3.60. The van der Waals surface area contributed by atoms with E-state index in [0.29, 0.717) is 5.92 Å². The average Bonchev–Trinajstić information content (AvgIpc) is 2.24. The Morgan fingerprint density at radius 2 is 1.21 bits per heavy atom. The standard InChI is InChI=1S/C18H30O/c1-12(2)13-10-14(17(3,4)5)16(19-9)15(11-13)18(6,7)8/h10-12H,1-9H3. The lowest BCUT2D eigenvalue weighted by atomic mass is 9.77. The van der Waals surface area contributed by atoms with E-state index in [2.05, 4.69) is 67.5 Å². The van der Waals surface area contributed by atoms with E-state index in [1.54, 1.807) is 7.11 Å². The molecule has 1 heteroatoms. The van der Waals surface area contributed by atoms with Crippen LogP contribution in [0.1, 0.15) is 78.0 Å².